The number of nitrogens with zero attached hydrogens (tertiary/aromatic N) is 1. The number of aromatic nitrogens is 1. The predicted octanol–water partition coefficient (Wildman–Crippen LogP) is 6.17. The van der Waals surface area contributed by atoms with Gasteiger partial charge < -0.3 is 19.1 Å². The number of carbonyl (C=O) groups is 2. The number of rotatable bonds is 10. The van der Waals surface area contributed by atoms with Crippen LogP contribution in [0.1, 0.15) is 35.4 Å². The monoisotopic (exact) mass is 500 g/mol. The van der Waals surface area contributed by atoms with E-state index in [1.54, 1.807) is 26.0 Å². The second-order valence-electron chi connectivity index (χ2n) is 8.58. The number of aryl methyl sites for hydroxylation is 1. The van der Waals surface area contributed by atoms with Gasteiger partial charge in [0, 0.05) is 12.0 Å². The van der Waals surface area contributed by atoms with E-state index in [1.165, 1.54) is 0 Å². The van der Waals surface area contributed by atoms with Crippen LogP contribution in [0.5, 0.6) is 0 Å². The maximum atomic E-state index is 12.6. The first kappa shape index (κ1) is 25.7. The minimum atomic E-state index is -1.01. The van der Waals surface area contributed by atoms with Gasteiger partial charge in [-0.3, -0.25) is 5.32 Å². The predicted molar refractivity (Wildman–Crippen MR) is 138 cm³/mol. The first-order valence-corrected chi connectivity index (χ1v) is 11.9. The fourth-order valence-corrected chi connectivity index (χ4v) is 3.79. The van der Waals surface area contributed by atoms with Crippen molar-refractivity contribution in [3.05, 3.63) is 107 Å². The Labute approximate surface area is 214 Å². The minimum absolute atomic E-state index is 0.133. The van der Waals surface area contributed by atoms with E-state index < -0.39 is 24.3 Å². The summed E-state index contributed by atoms with van der Waals surface area (Å²) in [6.45, 7) is 3.66. The van der Waals surface area contributed by atoms with E-state index in [9.17, 15) is 14.7 Å². The van der Waals surface area contributed by atoms with E-state index in [-0.39, 0.29) is 13.0 Å². The number of hydrogen-bond acceptors (Lipinski definition) is 6. The highest BCUT2D eigenvalue weighted by molar-refractivity contribution is 5.90. The molecule has 8 heteroatoms. The van der Waals surface area contributed by atoms with E-state index in [0.717, 1.165) is 16.7 Å². The van der Waals surface area contributed by atoms with Gasteiger partial charge in [0.2, 0.25) is 0 Å². The van der Waals surface area contributed by atoms with Crippen molar-refractivity contribution < 1.29 is 28.7 Å². The molecule has 190 valence electrons. The lowest BCUT2D eigenvalue weighted by Gasteiger charge is -2.15. The number of benzene rings is 3. The van der Waals surface area contributed by atoms with Gasteiger partial charge >= 0.3 is 12.1 Å². The van der Waals surface area contributed by atoms with Gasteiger partial charge in [-0.1, -0.05) is 90.1 Å². The third kappa shape index (κ3) is 6.83. The van der Waals surface area contributed by atoms with Gasteiger partial charge in [-0.25, -0.2) is 9.59 Å². The van der Waals surface area contributed by atoms with Crippen molar-refractivity contribution in [2.24, 2.45) is 0 Å². The summed E-state index contributed by atoms with van der Waals surface area (Å²) in [4.78, 5) is 24.2. The van der Waals surface area contributed by atoms with Gasteiger partial charge in [-0.2, -0.15) is 0 Å². The number of anilines is 1. The van der Waals surface area contributed by atoms with Gasteiger partial charge in [0.25, 0.3) is 0 Å². The summed E-state index contributed by atoms with van der Waals surface area (Å²) in [5.74, 6) is -0.622. The summed E-state index contributed by atoms with van der Waals surface area (Å²) < 4.78 is 16.7. The van der Waals surface area contributed by atoms with Crippen LogP contribution in [0, 0.1) is 6.92 Å². The molecule has 37 heavy (non-hydrogen) atoms. The van der Waals surface area contributed by atoms with Gasteiger partial charge in [-0.05, 0) is 30.5 Å². The van der Waals surface area contributed by atoms with Crippen LogP contribution in [0.3, 0.4) is 0 Å². The average Bonchev–Trinajstić information content (AvgIpc) is 3.27. The third-order valence-corrected chi connectivity index (χ3v) is 5.85. The van der Waals surface area contributed by atoms with Crippen LogP contribution < -0.4 is 5.32 Å². The Hall–Kier alpha value is -4.43. The average molecular weight is 501 g/mol. The molecule has 0 spiro atoms. The molecule has 1 heterocycles. The van der Waals surface area contributed by atoms with E-state index >= 15 is 0 Å². The number of carbonyl (C=O) groups excluding carboxylic acids is 1. The molecule has 0 bridgehead atoms. The molecule has 4 rings (SSSR count). The number of ether oxygens (including phenoxy) is 2. The highest BCUT2D eigenvalue weighted by Gasteiger charge is 2.21. The Morgan fingerprint density at radius 2 is 1.59 bits per heavy atom. The molecular weight excluding hydrogens is 472 g/mol. The Kier molecular flexibility index (Phi) is 8.33. The summed E-state index contributed by atoms with van der Waals surface area (Å²) >= 11 is 0. The first-order chi connectivity index (χ1) is 17.9. The molecule has 4 aromatic rings. The third-order valence-electron chi connectivity index (χ3n) is 5.85. The molecule has 1 amide bonds. The van der Waals surface area contributed by atoms with Crippen LogP contribution in [-0.2, 0) is 27.3 Å². The van der Waals surface area contributed by atoms with Crippen LogP contribution in [0.15, 0.2) is 89.5 Å². The van der Waals surface area contributed by atoms with Gasteiger partial charge in [0.05, 0.1) is 6.61 Å². The highest BCUT2D eigenvalue weighted by Crippen LogP contribution is 2.32. The molecule has 0 saturated heterocycles. The van der Waals surface area contributed by atoms with Crippen LogP contribution >= 0.6 is 0 Å². The summed E-state index contributed by atoms with van der Waals surface area (Å²) in [5, 5.41) is 16.3. The van der Waals surface area contributed by atoms with E-state index in [1.807, 2.05) is 72.8 Å². The number of carboxylic acid groups (broad SMARTS) is 1. The zero-order valence-electron chi connectivity index (χ0n) is 20.6. The summed E-state index contributed by atoms with van der Waals surface area (Å²) in [5.41, 5.74) is 4.19. The topological polar surface area (TPSA) is 111 Å². The first-order valence-electron chi connectivity index (χ1n) is 11.9. The molecule has 0 aliphatic heterocycles. The Morgan fingerprint density at radius 1 is 0.946 bits per heavy atom. The number of aliphatic carboxylic acids is 1. The van der Waals surface area contributed by atoms with Crippen molar-refractivity contribution in [2.45, 2.75) is 39.1 Å². The van der Waals surface area contributed by atoms with E-state index in [4.69, 9.17) is 14.0 Å². The van der Waals surface area contributed by atoms with Crippen molar-refractivity contribution >= 4 is 17.7 Å². The van der Waals surface area contributed by atoms with Crippen molar-refractivity contribution in [3.63, 3.8) is 0 Å². The van der Waals surface area contributed by atoms with Crippen molar-refractivity contribution in [1.82, 2.24) is 5.16 Å². The van der Waals surface area contributed by atoms with Crippen molar-refractivity contribution in [3.8, 4) is 11.3 Å². The number of hydrogen-bond donors (Lipinski definition) is 2. The molecule has 0 saturated carbocycles. The lowest BCUT2D eigenvalue weighted by molar-refractivity contribution is -0.151. The molecule has 0 fully saturated rings. The minimum Gasteiger partial charge on any atom is -0.479 e. The fourth-order valence-electron chi connectivity index (χ4n) is 3.79. The lowest BCUT2D eigenvalue weighted by Crippen LogP contribution is -2.26. The van der Waals surface area contributed by atoms with E-state index in [0.29, 0.717) is 22.7 Å². The normalized spacial score (nSPS) is 12.5. The molecule has 8 nitrogen and oxygen atoms in total. The lowest BCUT2D eigenvalue weighted by atomic mass is 10.1. The van der Waals surface area contributed by atoms with Crippen LogP contribution in [0.2, 0.25) is 0 Å². The molecule has 0 aliphatic carbocycles. The second kappa shape index (κ2) is 12.0. The van der Waals surface area contributed by atoms with Crippen molar-refractivity contribution in [2.75, 3.05) is 5.32 Å². The molecular formula is C29H28N2O6. The largest absolute Gasteiger partial charge is 0.479 e. The summed E-state index contributed by atoms with van der Waals surface area (Å²) in [7, 11) is 0. The molecule has 0 unspecified atom stereocenters. The molecule has 3 aromatic carbocycles. The zero-order chi connectivity index (χ0) is 26.2. The molecule has 1 aromatic heterocycles. The molecule has 2 atom stereocenters. The Bertz CT molecular complexity index is 1320. The SMILES string of the molecule is Cc1noc(-c2ccc(CO[C@H](Cc3ccccc3)C(=O)O)cc2)c1NC(=O)O[C@H](C)c1ccccc1. The van der Waals surface area contributed by atoms with Crippen LogP contribution in [0.25, 0.3) is 11.3 Å². The summed E-state index contributed by atoms with van der Waals surface area (Å²) in [6.07, 6.45) is -1.73. The van der Waals surface area contributed by atoms with Gasteiger partial charge in [0.15, 0.2) is 11.9 Å². The standard InChI is InChI=1S/C29H28N2O6/c1-19-26(30-29(34)36-20(2)23-11-7-4-8-12-23)27(37-31-19)24-15-13-22(14-16-24)18-35-25(28(32)33)17-21-9-5-3-6-10-21/h3-16,20,25H,17-18H2,1-2H3,(H,30,34)(H,32,33)/t20-,25-/m1/s1. The molecule has 2 N–H and O–H groups in total. The van der Waals surface area contributed by atoms with E-state index in [2.05, 4.69) is 10.5 Å². The Morgan fingerprint density at radius 3 is 2.24 bits per heavy atom. The molecule has 0 aliphatic rings. The van der Waals surface area contributed by atoms with Crippen molar-refractivity contribution in [1.29, 1.82) is 0 Å². The van der Waals surface area contributed by atoms with Crippen LogP contribution in [0.4, 0.5) is 10.5 Å². The fraction of sp³-hybridized carbons (Fsp3) is 0.207. The smallest absolute Gasteiger partial charge is 0.412 e. The maximum absolute atomic E-state index is 12.6. The highest BCUT2D eigenvalue weighted by atomic mass is 16.6. The molecule has 0 radical (unpaired) electrons. The number of nitrogens with one attached hydrogen (secondary N) is 1. The van der Waals surface area contributed by atoms with Gasteiger partial charge in [0.1, 0.15) is 17.5 Å². The Balaban J connectivity index is 1.39. The van der Waals surface area contributed by atoms with Crippen LogP contribution in [-0.4, -0.2) is 28.4 Å². The number of carboxylic acids is 1. The maximum Gasteiger partial charge on any atom is 0.412 e. The number of amides is 1. The summed E-state index contributed by atoms with van der Waals surface area (Å²) in [6, 6.07) is 26.0. The quantitative estimate of drug-likeness (QED) is 0.268. The second-order valence-corrected chi connectivity index (χ2v) is 8.58. The van der Waals surface area contributed by atoms with Gasteiger partial charge in [-0.15, -0.1) is 0 Å². The zero-order valence-corrected chi connectivity index (χ0v) is 20.6.